The second-order valence-electron chi connectivity index (χ2n) is 4.77. The van der Waals surface area contributed by atoms with Gasteiger partial charge in [-0.15, -0.1) is 0 Å². The predicted molar refractivity (Wildman–Crippen MR) is 76.2 cm³/mol. The van der Waals surface area contributed by atoms with E-state index in [-0.39, 0.29) is 11.8 Å². The maximum Gasteiger partial charge on any atom is 0.122 e. The van der Waals surface area contributed by atoms with Crippen molar-refractivity contribution in [2.45, 2.75) is 26.5 Å². The van der Waals surface area contributed by atoms with Crippen LogP contribution in [0.1, 0.15) is 29.7 Å². The van der Waals surface area contributed by atoms with E-state index in [1.165, 1.54) is 0 Å². The molecule has 0 aliphatic carbocycles. The Morgan fingerprint density at radius 2 is 2.00 bits per heavy atom. The molecule has 0 fully saturated rings. The van der Waals surface area contributed by atoms with E-state index in [0.29, 0.717) is 6.61 Å². The summed E-state index contributed by atoms with van der Waals surface area (Å²) >= 11 is 0. The summed E-state index contributed by atoms with van der Waals surface area (Å²) in [6.07, 6.45) is 0. The zero-order chi connectivity index (χ0) is 13.8. The molecule has 0 radical (unpaired) electrons. The largest absolute Gasteiger partial charge is 0.508 e. The molecule has 100 valence electrons. The number of aromatic hydroxyl groups is 1. The lowest BCUT2D eigenvalue weighted by molar-refractivity contribution is 0.303. The van der Waals surface area contributed by atoms with Crippen LogP contribution in [0, 0.1) is 6.92 Å². The molecule has 0 aliphatic rings. The van der Waals surface area contributed by atoms with Crippen molar-refractivity contribution in [1.29, 1.82) is 0 Å². The molecular weight excluding hydrogens is 238 g/mol. The Balaban J connectivity index is 2.07. The Hall–Kier alpha value is -2.00. The van der Waals surface area contributed by atoms with Crippen molar-refractivity contribution in [3.05, 3.63) is 59.2 Å². The number of nitrogens with two attached hydrogens (primary N) is 1. The normalized spacial score (nSPS) is 12.2. The monoisotopic (exact) mass is 257 g/mol. The molecule has 0 saturated carbocycles. The molecule has 0 amide bonds. The summed E-state index contributed by atoms with van der Waals surface area (Å²) in [6, 6.07) is 13.1. The van der Waals surface area contributed by atoms with Gasteiger partial charge >= 0.3 is 0 Å². The van der Waals surface area contributed by atoms with Crippen molar-refractivity contribution in [2.75, 3.05) is 0 Å². The predicted octanol–water partition coefficient (Wildman–Crippen LogP) is 3.30. The van der Waals surface area contributed by atoms with Gasteiger partial charge < -0.3 is 15.6 Å². The van der Waals surface area contributed by atoms with Crippen LogP contribution in [-0.4, -0.2) is 5.11 Å². The molecule has 3 N–H and O–H groups in total. The molecule has 0 heterocycles. The highest BCUT2D eigenvalue weighted by Crippen LogP contribution is 2.23. The van der Waals surface area contributed by atoms with Gasteiger partial charge in [-0.2, -0.15) is 0 Å². The molecule has 0 aliphatic heterocycles. The van der Waals surface area contributed by atoms with Gasteiger partial charge in [0.05, 0.1) is 0 Å². The number of hydrogen-bond acceptors (Lipinski definition) is 3. The van der Waals surface area contributed by atoms with Gasteiger partial charge in [0.2, 0.25) is 0 Å². The average Bonchev–Trinajstić information content (AvgIpc) is 2.37. The zero-order valence-electron chi connectivity index (χ0n) is 11.3. The minimum Gasteiger partial charge on any atom is -0.508 e. The van der Waals surface area contributed by atoms with Gasteiger partial charge in [0.1, 0.15) is 18.1 Å². The number of rotatable bonds is 4. The van der Waals surface area contributed by atoms with Crippen LogP contribution in [0.4, 0.5) is 0 Å². The van der Waals surface area contributed by atoms with E-state index >= 15 is 0 Å². The first-order chi connectivity index (χ1) is 9.06. The third-order valence-electron chi connectivity index (χ3n) is 3.03. The Bertz CT molecular complexity index is 564. The van der Waals surface area contributed by atoms with E-state index in [1.54, 1.807) is 18.2 Å². The molecule has 0 spiro atoms. The zero-order valence-corrected chi connectivity index (χ0v) is 11.3. The smallest absolute Gasteiger partial charge is 0.122 e. The van der Waals surface area contributed by atoms with Crippen LogP contribution in [0.15, 0.2) is 42.5 Å². The molecule has 0 bridgehead atoms. The minimum absolute atomic E-state index is 0.0267. The minimum atomic E-state index is 0.0267. The molecule has 0 unspecified atom stereocenters. The maximum absolute atomic E-state index is 9.39. The van der Waals surface area contributed by atoms with Gasteiger partial charge in [0.15, 0.2) is 0 Å². The molecule has 1 atom stereocenters. The molecule has 0 saturated heterocycles. The lowest BCUT2D eigenvalue weighted by Gasteiger charge is -2.12. The van der Waals surface area contributed by atoms with E-state index in [2.05, 4.69) is 0 Å². The Morgan fingerprint density at radius 3 is 2.63 bits per heavy atom. The first-order valence-corrected chi connectivity index (χ1v) is 6.33. The van der Waals surface area contributed by atoms with Crippen LogP contribution >= 0.6 is 0 Å². The molecular formula is C16H19NO2. The Morgan fingerprint density at radius 1 is 1.21 bits per heavy atom. The second kappa shape index (κ2) is 5.76. The summed E-state index contributed by atoms with van der Waals surface area (Å²) in [7, 11) is 0. The highest BCUT2D eigenvalue weighted by molar-refractivity contribution is 5.37. The maximum atomic E-state index is 9.39. The van der Waals surface area contributed by atoms with Crippen molar-refractivity contribution < 1.29 is 9.84 Å². The Kier molecular flexibility index (Phi) is 4.07. The van der Waals surface area contributed by atoms with Crippen LogP contribution in [0.5, 0.6) is 11.5 Å². The van der Waals surface area contributed by atoms with Gasteiger partial charge in [-0.05, 0) is 48.7 Å². The topological polar surface area (TPSA) is 55.5 Å². The van der Waals surface area contributed by atoms with Crippen LogP contribution in [0.3, 0.4) is 0 Å². The fourth-order valence-electron chi connectivity index (χ4n) is 1.93. The van der Waals surface area contributed by atoms with E-state index in [1.807, 2.05) is 38.1 Å². The van der Waals surface area contributed by atoms with Crippen LogP contribution < -0.4 is 10.5 Å². The lowest BCUT2D eigenvalue weighted by atomic mass is 10.1. The second-order valence-corrected chi connectivity index (χ2v) is 4.77. The van der Waals surface area contributed by atoms with E-state index < -0.39 is 0 Å². The number of benzene rings is 2. The standard InChI is InChI=1S/C16H19NO2/c1-11-8-14(12(2)17)6-7-16(11)19-10-13-4-3-5-15(18)9-13/h3-9,12,18H,10,17H2,1-2H3/t12-/m1/s1. The number of phenolic OH excluding ortho intramolecular Hbond substituents is 1. The first-order valence-electron chi connectivity index (χ1n) is 6.33. The van der Waals surface area contributed by atoms with Crippen molar-refractivity contribution >= 4 is 0 Å². The molecule has 3 nitrogen and oxygen atoms in total. The fraction of sp³-hybridized carbons (Fsp3) is 0.250. The molecule has 3 heteroatoms. The summed E-state index contributed by atoms with van der Waals surface area (Å²) in [5, 5.41) is 9.39. The molecule has 2 aromatic rings. The van der Waals surface area contributed by atoms with Crippen molar-refractivity contribution in [3.63, 3.8) is 0 Å². The number of ether oxygens (including phenoxy) is 1. The van der Waals surface area contributed by atoms with Gasteiger partial charge in [-0.3, -0.25) is 0 Å². The fourth-order valence-corrected chi connectivity index (χ4v) is 1.93. The highest BCUT2D eigenvalue weighted by atomic mass is 16.5. The van der Waals surface area contributed by atoms with E-state index in [9.17, 15) is 5.11 Å². The van der Waals surface area contributed by atoms with Crippen LogP contribution in [0.2, 0.25) is 0 Å². The SMILES string of the molecule is Cc1cc([C@@H](C)N)ccc1OCc1cccc(O)c1. The summed E-state index contributed by atoms with van der Waals surface area (Å²) in [5.41, 5.74) is 8.95. The molecule has 19 heavy (non-hydrogen) atoms. The molecule has 2 aromatic carbocycles. The molecule has 0 aromatic heterocycles. The number of phenols is 1. The van der Waals surface area contributed by atoms with Gasteiger partial charge in [0.25, 0.3) is 0 Å². The van der Waals surface area contributed by atoms with Gasteiger partial charge in [-0.1, -0.05) is 24.3 Å². The quantitative estimate of drug-likeness (QED) is 0.883. The molecule has 2 rings (SSSR count). The summed E-state index contributed by atoms with van der Waals surface area (Å²) in [6.45, 7) is 4.40. The first kappa shape index (κ1) is 13.4. The summed E-state index contributed by atoms with van der Waals surface area (Å²) < 4.78 is 5.76. The van der Waals surface area contributed by atoms with Crippen molar-refractivity contribution in [3.8, 4) is 11.5 Å². The number of aryl methyl sites for hydroxylation is 1. The van der Waals surface area contributed by atoms with Crippen LogP contribution in [0.25, 0.3) is 0 Å². The van der Waals surface area contributed by atoms with E-state index in [0.717, 1.165) is 22.4 Å². The highest BCUT2D eigenvalue weighted by Gasteiger charge is 2.05. The van der Waals surface area contributed by atoms with E-state index in [4.69, 9.17) is 10.5 Å². The van der Waals surface area contributed by atoms with Gasteiger partial charge in [0, 0.05) is 6.04 Å². The third kappa shape index (κ3) is 3.48. The van der Waals surface area contributed by atoms with Crippen molar-refractivity contribution in [1.82, 2.24) is 0 Å². The third-order valence-corrected chi connectivity index (χ3v) is 3.03. The van der Waals surface area contributed by atoms with Crippen LogP contribution in [-0.2, 0) is 6.61 Å². The van der Waals surface area contributed by atoms with Gasteiger partial charge in [-0.25, -0.2) is 0 Å². The average molecular weight is 257 g/mol. The number of hydrogen-bond donors (Lipinski definition) is 2. The summed E-state index contributed by atoms with van der Waals surface area (Å²) in [4.78, 5) is 0. The summed E-state index contributed by atoms with van der Waals surface area (Å²) in [5.74, 6) is 1.10. The lowest BCUT2D eigenvalue weighted by Crippen LogP contribution is -2.05. The Labute approximate surface area is 113 Å². The van der Waals surface area contributed by atoms with Crippen molar-refractivity contribution in [2.24, 2.45) is 5.73 Å².